The smallest absolute Gasteiger partial charge is 0.414 e. The lowest BCUT2D eigenvalue weighted by Gasteiger charge is -2.33. The molecule has 0 spiro atoms. The van der Waals surface area contributed by atoms with Crippen molar-refractivity contribution in [1.82, 2.24) is 19.7 Å². The molecule has 10 nitrogen and oxygen atoms in total. The Morgan fingerprint density at radius 3 is 2.26 bits per heavy atom. The maximum Gasteiger partial charge on any atom is 0.414 e. The average molecular weight is 517 g/mol. The molecule has 0 unspecified atom stereocenters. The van der Waals surface area contributed by atoms with Gasteiger partial charge in [0.05, 0.1) is 11.4 Å². The molecule has 1 fully saturated rings. The van der Waals surface area contributed by atoms with Gasteiger partial charge in [-0.25, -0.2) is 9.59 Å². The molecule has 182 valence electrons. The Labute approximate surface area is 211 Å². The Hall–Kier alpha value is -3.47. The first-order valence-corrected chi connectivity index (χ1v) is 11.5. The van der Waals surface area contributed by atoms with Crippen LogP contribution >= 0.6 is 23.2 Å². The van der Waals surface area contributed by atoms with Gasteiger partial charge >= 0.3 is 11.9 Å². The molecule has 1 saturated heterocycles. The van der Waals surface area contributed by atoms with Gasteiger partial charge < -0.3 is 20.0 Å². The van der Waals surface area contributed by atoms with Crippen molar-refractivity contribution in [3.8, 4) is 5.69 Å². The minimum atomic E-state index is -1.82. The Morgan fingerprint density at radius 2 is 1.60 bits per heavy atom. The van der Waals surface area contributed by atoms with Crippen LogP contribution in [-0.2, 0) is 16.1 Å². The summed E-state index contributed by atoms with van der Waals surface area (Å²) < 4.78 is 2.12. The minimum Gasteiger partial charge on any atom is -0.473 e. The zero-order chi connectivity index (χ0) is 25.1. The molecule has 0 saturated carbocycles. The van der Waals surface area contributed by atoms with Crippen LogP contribution in [0.5, 0.6) is 0 Å². The summed E-state index contributed by atoms with van der Waals surface area (Å²) in [5.74, 6) is -1.98. The fraction of sp³-hybridized carbons (Fsp3) is 0.261. The molecular weight excluding hydrogens is 495 g/mol. The summed E-state index contributed by atoms with van der Waals surface area (Å²) in [4.78, 5) is 27.7. The largest absolute Gasteiger partial charge is 0.473 e. The molecule has 0 bridgehead atoms. The second kappa shape index (κ2) is 10.4. The minimum absolute atomic E-state index is 0.424. The number of nitrogens with zero attached hydrogens (tertiary/aromatic N) is 6. The van der Waals surface area contributed by atoms with Crippen molar-refractivity contribution in [1.29, 1.82) is 0 Å². The van der Waals surface area contributed by atoms with Crippen molar-refractivity contribution < 1.29 is 19.8 Å². The van der Waals surface area contributed by atoms with Gasteiger partial charge in [-0.05, 0) is 31.3 Å². The van der Waals surface area contributed by atoms with E-state index >= 15 is 0 Å². The first kappa shape index (κ1) is 24.6. The molecule has 0 atom stereocenters. The number of carboxylic acid groups (broad SMARTS) is 2. The standard InChI is InChI=1S/C21H20Cl2N6.C2H2O4/c1-27-8-10-28(11-9-27)21-26-25-19-13-24-20(15-4-2-3-5-17(15)23)16-12-14(22)6-7-18(16)29(19)21;3-1(4)2(5)6/h2-7,12H,8-11,13H2,1H3;(H,3,4)(H,5,6). The van der Waals surface area contributed by atoms with Crippen LogP contribution in [0.4, 0.5) is 5.95 Å². The number of aliphatic imine (C=N–C) groups is 1. The molecule has 2 aliphatic heterocycles. The van der Waals surface area contributed by atoms with Crippen LogP contribution in [-0.4, -0.2) is 80.8 Å². The van der Waals surface area contributed by atoms with E-state index in [1.54, 1.807) is 0 Å². The van der Waals surface area contributed by atoms with Crippen molar-refractivity contribution in [2.45, 2.75) is 6.54 Å². The first-order chi connectivity index (χ1) is 16.8. The number of anilines is 1. The SMILES string of the molecule is CN1CCN(c2nnc3n2-c2ccc(Cl)cc2C(c2ccccc2Cl)=NC3)CC1.O=C(O)C(=O)O. The highest BCUT2D eigenvalue weighted by molar-refractivity contribution is 6.36. The van der Waals surface area contributed by atoms with Crippen LogP contribution < -0.4 is 4.90 Å². The van der Waals surface area contributed by atoms with Gasteiger partial charge in [-0.2, -0.15) is 0 Å². The second-order valence-electron chi connectivity index (χ2n) is 7.96. The maximum atomic E-state index is 9.10. The lowest BCUT2D eigenvalue weighted by molar-refractivity contribution is -0.159. The summed E-state index contributed by atoms with van der Waals surface area (Å²) >= 11 is 12.9. The summed E-state index contributed by atoms with van der Waals surface area (Å²) in [6.45, 7) is 4.24. The van der Waals surface area contributed by atoms with Crippen molar-refractivity contribution in [3.63, 3.8) is 0 Å². The number of aromatic nitrogens is 3. The van der Waals surface area contributed by atoms with Crippen LogP contribution in [0.1, 0.15) is 17.0 Å². The van der Waals surface area contributed by atoms with Crippen molar-refractivity contribution >= 4 is 46.8 Å². The van der Waals surface area contributed by atoms with E-state index < -0.39 is 11.9 Å². The van der Waals surface area contributed by atoms with E-state index in [1.165, 1.54) is 0 Å². The Kier molecular flexibility index (Phi) is 7.34. The number of aliphatic carboxylic acids is 2. The second-order valence-corrected chi connectivity index (χ2v) is 8.80. The molecule has 2 N–H and O–H groups in total. The number of rotatable bonds is 2. The quantitative estimate of drug-likeness (QED) is 0.498. The van der Waals surface area contributed by atoms with Gasteiger partial charge in [-0.15, -0.1) is 10.2 Å². The predicted molar refractivity (Wildman–Crippen MR) is 132 cm³/mol. The Balaban J connectivity index is 0.000000431. The molecule has 3 aromatic rings. The summed E-state index contributed by atoms with van der Waals surface area (Å²) in [5.41, 5.74) is 3.61. The highest BCUT2D eigenvalue weighted by Crippen LogP contribution is 2.32. The maximum absolute atomic E-state index is 9.10. The fourth-order valence-electron chi connectivity index (χ4n) is 3.88. The number of hydrogen-bond acceptors (Lipinski definition) is 7. The molecule has 0 amide bonds. The fourth-order valence-corrected chi connectivity index (χ4v) is 4.28. The topological polar surface area (TPSA) is 124 Å². The molecule has 2 aliphatic rings. The lowest BCUT2D eigenvalue weighted by Crippen LogP contribution is -2.45. The molecule has 0 aliphatic carbocycles. The third-order valence-electron chi connectivity index (χ3n) is 5.64. The van der Waals surface area contributed by atoms with Crippen LogP contribution in [0.3, 0.4) is 0 Å². The van der Waals surface area contributed by atoms with E-state index in [4.69, 9.17) is 48.0 Å². The van der Waals surface area contributed by atoms with E-state index in [2.05, 4.69) is 31.6 Å². The number of halogens is 2. The van der Waals surface area contributed by atoms with Crippen LogP contribution in [0, 0.1) is 0 Å². The van der Waals surface area contributed by atoms with Gasteiger partial charge in [0, 0.05) is 47.4 Å². The van der Waals surface area contributed by atoms with Gasteiger partial charge in [0.1, 0.15) is 6.54 Å². The molecule has 2 aromatic carbocycles. The zero-order valence-corrected chi connectivity index (χ0v) is 20.2. The molecule has 1 aromatic heterocycles. The van der Waals surface area contributed by atoms with E-state index in [1.807, 2.05) is 42.5 Å². The Bertz CT molecular complexity index is 1290. The third kappa shape index (κ3) is 5.29. The van der Waals surface area contributed by atoms with Crippen LogP contribution in [0.2, 0.25) is 10.0 Å². The number of carboxylic acids is 2. The van der Waals surface area contributed by atoms with Crippen molar-refractivity contribution in [3.05, 3.63) is 69.5 Å². The molecule has 3 heterocycles. The number of carbonyl (C=O) groups is 2. The number of hydrogen-bond donors (Lipinski definition) is 2. The summed E-state index contributed by atoms with van der Waals surface area (Å²) in [7, 11) is 2.14. The predicted octanol–water partition coefficient (Wildman–Crippen LogP) is 2.83. The van der Waals surface area contributed by atoms with Gasteiger partial charge in [-0.3, -0.25) is 9.56 Å². The number of likely N-dealkylation sites (N-methyl/N-ethyl adjacent to an activating group) is 1. The van der Waals surface area contributed by atoms with E-state index in [-0.39, 0.29) is 0 Å². The molecular formula is C23H22Cl2N6O4. The van der Waals surface area contributed by atoms with E-state index in [0.717, 1.165) is 60.5 Å². The average Bonchev–Trinajstić information content (AvgIpc) is 3.18. The number of piperazine rings is 1. The third-order valence-corrected chi connectivity index (χ3v) is 6.21. The molecule has 0 radical (unpaired) electrons. The van der Waals surface area contributed by atoms with Crippen LogP contribution in [0.15, 0.2) is 47.5 Å². The number of benzene rings is 2. The summed E-state index contributed by atoms with van der Waals surface area (Å²) in [6.07, 6.45) is 0. The highest BCUT2D eigenvalue weighted by Gasteiger charge is 2.27. The summed E-state index contributed by atoms with van der Waals surface area (Å²) in [6, 6.07) is 13.6. The number of fused-ring (bicyclic) bond motifs is 3. The van der Waals surface area contributed by atoms with Crippen molar-refractivity contribution in [2.24, 2.45) is 4.99 Å². The van der Waals surface area contributed by atoms with Crippen molar-refractivity contribution in [2.75, 3.05) is 38.1 Å². The molecule has 5 rings (SSSR count). The van der Waals surface area contributed by atoms with Gasteiger partial charge in [0.25, 0.3) is 0 Å². The van der Waals surface area contributed by atoms with Gasteiger partial charge in [0.2, 0.25) is 5.95 Å². The van der Waals surface area contributed by atoms with E-state index in [9.17, 15) is 0 Å². The first-order valence-electron chi connectivity index (χ1n) is 10.7. The van der Waals surface area contributed by atoms with Gasteiger partial charge in [-0.1, -0.05) is 41.4 Å². The van der Waals surface area contributed by atoms with E-state index in [0.29, 0.717) is 16.6 Å². The zero-order valence-electron chi connectivity index (χ0n) is 18.7. The Morgan fingerprint density at radius 1 is 0.914 bits per heavy atom. The molecule has 35 heavy (non-hydrogen) atoms. The monoisotopic (exact) mass is 516 g/mol. The highest BCUT2D eigenvalue weighted by atomic mass is 35.5. The summed E-state index contributed by atoms with van der Waals surface area (Å²) in [5, 5.41) is 25.1. The van der Waals surface area contributed by atoms with Crippen LogP contribution in [0.25, 0.3) is 5.69 Å². The molecule has 12 heteroatoms. The normalized spacial score (nSPS) is 15.2. The lowest BCUT2D eigenvalue weighted by atomic mass is 10.0. The van der Waals surface area contributed by atoms with Gasteiger partial charge in [0.15, 0.2) is 5.82 Å².